The van der Waals surface area contributed by atoms with Crippen LogP contribution in [0.2, 0.25) is 0 Å². The van der Waals surface area contributed by atoms with Crippen molar-refractivity contribution in [2.75, 3.05) is 18.1 Å². The van der Waals surface area contributed by atoms with Gasteiger partial charge in [0.1, 0.15) is 6.04 Å². The van der Waals surface area contributed by atoms with Crippen molar-refractivity contribution in [1.82, 2.24) is 5.32 Å². The standard InChI is InChI=1S/C9H15NO6S/c11-4-7(9(13)14)10-8(12)3-6-1-2-17(15,16)5-6/h6-7,11H,1-5H2,(H,10,12)(H,13,14)/t6?,7-/m1/s1. The van der Waals surface area contributed by atoms with Crippen LogP contribution in [0.1, 0.15) is 12.8 Å². The van der Waals surface area contributed by atoms with Crippen molar-refractivity contribution >= 4 is 21.7 Å². The van der Waals surface area contributed by atoms with E-state index in [1.54, 1.807) is 0 Å². The second kappa shape index (κ2) is 5.46. The summed E-state index contributed by atoms with van der Waals surface area (Å²) in [4.78, 5) is 21.9. The van der Waals surface area contributed by atoms with Gasteiger partial charge in [0.15, 0.2) is 9.84 Å². The van der Waals surface area contributed by atoms with Crippen molar-refractivity contribution in [3.05, 3.63) is 0 Å². The Hall–Kier alpha value is -1.15. The number of carboxylic acids is 1. The van der Waals surface area contributed by atoms with Crippen LogP contribution >= 0.6 is 0 Å². The first-order chi connectivity index (χ1) is 7.84. The number of hydrogen-bond donors (Lipinski definition) is 3. The molecule has 0 spiro atoms. The molecule has 1 fully saturated rings. The quantitative estimate of drug-likeness (QED) is 0.549. The maximum absolute atomic E-state index is 11.4. The third-order valence-electron chi connectivity index (χ3n) is 2.62. The Morgan fingerprint density at radius 1 is 1.41 bits per heavy atom. The van der Waals surface area contributed by atoms with Crippen molar-refractivity contribution in [1.29, 1.82) is 0 Å². The maximum Gasteiger partial charge on any atom is 0.328 e. The van der Waals surface area contributed by atoms with E-state index in [9.17, 15) is 18.0 Å². The molecule has 0 aromatic heterocycles. The van der Waals surface area contributed by atoms with E-state index in [-0.39, 0.29) is 23.8 Å². The fraction of sp³-hybridized carbons (Fsp3) is 0.778. The second-order valence-electron chi connectivity index (χ2n) is 4.11. The number of nitrogens with one attached hydrogen (secondary N) is 1. The van der Waals surface area contributed by atoms with Gasteiger partial charge >= 0.3 is 5.97 Å². The molecule has 1 amide bonds. The molecule has 1 heterocycles. The average Bonchev–Trinajstić information content (AvgIpc) is 2.54. The van der Waals surface area contributed by atoms with Gasteiger partial charge in [-0.25, -0.2) is 13.2 Å². The number of aliphatic hydroxyl groups is 1. The van der Waals surface area contributed by atoms with Gasteiger partial charge < -0.3 is 15.5 Å². The Morgan fingerprint density at radius 3 is 2.47 bits per heavy atom. The number of sulfone groups is 1. The lowest BCUT2D eigenvalue weighted by Crippen LogP contribution is -2.43. The zero-order chi connectivity index (χ0) is 13.1. The molecule has 0 bridgehead atoms. The van der Waals surface area contributed by atoms with Crippen molar-refractivity contribution < 1.29 is 28.2 Å². The van der Waals surface area contributed by atoms with Gasteiger partial charge in [-0.3, -0.25) is 4.79 Å². The molecule has 1 rings (SSSR count). The summed E-state index contributed by atoms with van der Waals surface area (Å²) in [5, 5.41) is 19.4. The average molecular weight is 265 g/mol. The molecule has 8 heteroatoms. The van der Waals surface area contributed by atoms with E-state index in [1.165, 1.54) is 0 Å². The lowest BCUT2D eigenvalue weighted by Gasteiger charge is -2.13. The highest BCUT2D eigenvalue weighted by Crippen LogP contribution is 2.21. The summed E-state index contributed by atoms with van der Waals surface area (Å²) in [5.74, 6) is -2.08. The van der Waals surface area contributed by atoms with Crippen LogP contribution in [-0.2, 0) is 19.4 Å². The third-order valence-corrected chi connectivity index (χ3v) is 4.45. The number of rotatable bonds is 5. The van der Waals surface area contributed by atoms with Crippen molar-refractivity contribution in [2.24, 2.45) is 5.92 Å². The van der Waals surface area contributed by atoms with Crippen LogP contribution in [0.4, 0.5) is 0 Å². The second-order valence-corrected chi connectivity index (χ2v) is 6.34. The van der Waals surface area contributed by atoms with Crippen molar-refractivity contribution in [2.45, 2.75) is 18.9 Å². The van der Waals surface area contributed by atoms with Crippen molar-refractivity contribution in [3.63, 3.8) is 0 Å². The molecule has 1 aliphatic heterocycles. The Balaban J connectivity index is 2.43. The minimum atomic E-state index is -3.04. The zero-order valence-corrected chi connectivity index (χ0v) is 9.94. The zero-order valence-electron chi connectivity index (χ0n) is 9.13. The highest BCUT2D eigenvalue weighted by Gasteiger charge is 2.30. The number of carbonyl (C=O) groups is 2. The van der Waals surface area contributed by atoms with Gasteiger partial charge in [0, 0.05) is 6.42 Å². The number of amides is 1. The molecule has 7 nitrogen and oxygen atoms in total. The summed E-state index contributed by atoms with van der Waals surface area (Å²) < 4.78 is 22.3. The van der Waals surface area contributed by atoms with Gasteiger partial charge in [0.2, 0.25) is 5.91 Å². The minimum Gasteiger partial charge on any atom is -0.480 e. The van der Waals surface area contributed by atoms with E-state index in [4.69, 9.17) is 10.2 Å². The smallest absolute Gasteiger partial charge is 0.328 e. The lowest BCUT2D eigenvalue weighted by atomic mass is 10.0. The predicted octanol–water partition coefficient (Wildman–Crippen LogP) is -1.63. The fourth-order valence-electron chi connectivity index (χ4n) is 1.73. The number of carbonyl (C=O) groups excluding carboxylic acids is 1. The molecule has 0 radical (unpaired) electrons. The van der Waals surface area contributed by atoms with Crippen LogP contribution in [0.15, 0.2) is 0 Å². The van der Waals surface area contributed by atoms with Gasteiger partial charge in [0.05, 0.1) is 18.1 Å². The molecular weight excluding hydrogens is 250 g/mol. The monoisotopic (exact) mass is 265 g/mol. The number of carboxylic acid groups (broad SMARTS) is 1. The first-order valence-electron chi connectivity index (χ1n) is 5.17. The molecule has 98 valence electrons. The number of hydrogen-bond acceptors (Lipinski definition) is 5. The Morgan fingerprint density at radius 2 is 2.06 bits per heavy atom. The molecule has 1 saturated heterocycles. The molecule has 17 heavy (non-hydrogen) atoms. The van der Waals surface area contributed by atoms with Crippen LogP contribution < -0.4 is 5.32 Å². The van der Waals surface area contributed by atoms with Gasteiger partial charge in [-0.2, -0.15) is 0 Å². The third kappa shape index (κ3) is 4.31. The van der Waals surface area contributed by atoms with Crippen LogP contribution in [0, 0.1) is 5.92 Å². The van der Waals surface area contributed by atoms with Crippen LogP contribution in [-0.4, -0.2) is 54.7 Å². The van der Waals surface area contributed by atoms with Gasteiger partial charge in [-0.1, -0.05) is 0 Å². The Labute approximate surface area is 98.7 Å². The number of aliphatic hydroxyl groups excluding tert-OH is 1. The molecular formula is C9H15NO6S. The van der Waals surface area contributed by atoms with E-state index in [2.05, 4.69) is 5.32 Å². The summed E-state index contributed by atoms with van der Waals surface area (Å²) in [6.45, 7) is -0.690. The lowest BCUT2D eigenvalue weighted by molar-refractivity contribution is -0.143. The van der Waals surface area contributed by atoms with Gasteiger partial charge in [0.25, 0.3) is 0 Å². The molecule has 0 saturated carbocycles. The van der Waals surface area contributed by atoms with Crippen LogP contribution in [0.25, 0.3) is 0 Å². The first-order valence-corrected chi connectivity index (χ1v) is 6.99. The Kier molecular flexibility index (Phi) is 4.47. The molecule has 0 aromatic rings. The highest BCUT2D eigenvalue weighted by atomic mass is 32.2. The summed E-state index contributed by atoms with van der Waals surface area (Å²) >= 11 is 0. The van der Waals surface area contributed by atoms with E-state index in [0.717, 1.165) is 0 Å². The highest BCUT2D eigenvalue weighted by molar-refractivity contribution is 7.91. The molecule has 0 aromatic carbocycles. The van der Waals surface area contributed by atoms with Crippen LogP contribution in [0.3, 0.4) is 0 Å². The SMILES string of the molecule is O=C(CC1CCS(=O)(=O)C1)N[C@H](CO)C(=O)O. The van der Waals surface area contributed by atoms with E-state index in [0.29, 0.717) is 6.42 Å². The first kappa shape index (κ1) is 13.9. The van der Waals surface area contributed by atoms with E-state index < -0.39 is 34.4 Å². The summed E-state index contributed by atoms with van der Waals surface area (Å²) in [5.41, 5.74) is 0. The molecule has 3 N–H and O–H groups in total. The Bertz CT molecular complexity index is 404. The maximum atomic E-state index is 11.4. The summed E-state index contributed by atoms with van der Waals surface area (Å²) in [7, 11) is -3.04. The molecule has 2 atom stereocenters. The fourth-order valence-corrected chi connectivity index (χ4v) is 3.60. The topological polar surface area (TPSA) is 121 Å². The van der Waals surface area contributed by atoms with E-state index >= 15 is 0 Å². The van der Waals surface area contributed by atoms with E-state index in [1.807, 2.05) is 0 Å². The summed E-state index contributed by atoms with van der Waals surface area (Å²) in [6, 6.07) is -1.33. The predicted molar refractivity (Wildman–Crippen MR) is 58.0 cm³/mol. The normalized spacial score (nSPS) is 24.2. The van der Waals surface area contributed by atoms with Crippen LogP contribution in [0.5, 0.6) is 0 Å². The minimum absolute atomic E-state index is 0.0248. The number of aliphatic carboxylic acids is 1. The summed E-state index contributed by atoms with van der Waals surface area (Å²) in [6.07, 6.45) is 0.398. The molecule has 1 aliphatic rings. The molecule has 1 unspecified atom stereocenters. The molecule has 0 aliphatic carbocycles. The van der Waals surface area contributed by atoms with Gasteiger partial charge in [-0.15, -0.1) is 0 Å². The van der Waals surface area contributed by atoms with Gasteiger partial charge in [-0.05, 0) is 12.3 Å². The van der Waals surface area contributed by atoms with Crippen molar-refractivity contribution in [3.8, 4) is 0 Å². The largest absolute Gasteiger partial charge is 0.480 e.